The Balaban J connectivity index is 2.46. The standard InChI is InChI=1S/C15H25NO/c1-4-5-8-11-17-15-10-7-6-9-14(15)16-12-13(2)3/h6-7,9-10,13,16H,4-5,8,11-12H2,1-3H3. The zero-order valence-corrected chi connectivity index (χ0v) is 11.3. The molecule has 96 valence electrons. The first-order chi connectivity index (χ1) is 8.24. The van der Waals surface area contributed by atoms with Crippen LogP contribution in [0.2, 0.25) is 0 Å². The predicted molar refractivity (Wildman–Crippen MR) is 74.8 cm³/mol. The molecule has 2 heteroatoms. The molecule has 0 aliphatic heterocycles. The Labute approximate surface area is 105 Å². The normalized spacial score (nSPS) is 10.6. The summed E-state index contributed by atoms with van der Waals surface area (Å²) in [6, 6.07) is 8.18. The van der Waals surface area contributed by atoms with Gasteiger partial charge in [-0.05, 0) is 24.5 Å². The van der Waals surface area contributed by atoms with E-state index in [0.717, 1.165) is 31.0 Å². The molecule has 0 aromatic heterocycles. The van der Waals surface area contributed by atoms with Crippen molar-refractivity contribution < 1.29 is 4.74 Å². The molecule has 0 fully saturated rings. The summed E-state index contributed by atoms with van der Waals surface area (Å²) in [4.78, 5) is 0. The minimum absolute atomic E-state index is 0.642. The van der Waals surface area contributed by atoms with Gasteiger partial charge < -0.3 is 10.1 Å². The smallest absolute Gasteiger partial charge is 0.142 e. The van der Waals surface area contributed by atoms with Gasteiger partial charge in [0.15, 0.2) is 0 Å². The lowest BCUT2D eigenvalue weighted by atomic mass is 10.2. The Kier molecular flexibility index (Phi) is 6.53. The van der Waals surface area contributed by atoms with Crippen molar-refractivity contribution in [1.29, 1.82) is 0 Å². The van der Waals surface area contributed by atoms with Crippen molar-refractivity contribution in [3.05, 3.63) is 24.3 Å². The molecule has 0 bridgehead atoms. The van der Waals surface area contributed by atoms with Gasteiger partial charge in [0.05, 0.1) is 12.3 Å². The van der Waals surface area contributed by atoms with Gasteiger partial charge in [0.25, 0.3) is 0 Å². The Morgan fingerprint density at radius 2 is 1.94 bits per heavy atom. The molecule has 0 aliphatic carbocycles. The number of unbranched alkanes of at least 4 members (excludes halogenated alkanes) is 2. The Bertz CT molecular complexity index is 310. The maximum absolute atomic E-state index is 5.81. The van der Waals surface area contributed by atoms with Crippen LogP contribution in [0.15, 0.2) is 24.3 Å². The minimum Gasteiger partial charge on any atom is -0.491 e. The molecule has 0 atom stereocenters. The SMILES string of the molecule is CCCCCOc1ccccc1NCC(C)C. The van der Waals surface area contributed by atoms with Crippen molar-refractivity contribution >= 4 is 5.69 Å². The summed E-state index contributed by atoms with van der Waals surface area (Å²) in [5.41, 5.74) is 1.11. The maximum atomic E-state index is 5.81. The fourth-order valence-corrected chi connectivity index (χ4v) is 1.59. The molecule has 0 spiro atoms. The summed E-state index contributed by atoms with van der Waals surface area (Å²) in [5.74, 6) is 1.62. The predicted octanol–water partition coefficient (Wildman–Crippen LogP) is 4.32. The third-order valence-electron chi connectivity index (χ3n) is 2.59. The number of para-hydroxylation sites is 2. The van der Waals surface area contributed by atoms with E-state index in [1.807, 2.05) is 18.2 Å². The lowest BCUT2D eigenvalue weighted by molar-refractivity contribution is 0.307. The molecule has 0 aliphatic rings. The molecule has 17 heavy (non-hydrogen) atoms. The van der Waals surface area contributed by atoms with E-state index >= 15 is 0 Å². The third kappa shape index (κ3) is 5.62. The van der Waals surface area contributed by atoms with Gasteiger partial charge in [-0.15, -0.1) is 0 Å². The molecule has 2 nitrogen and oxygen atoms in total. The monoisotopic (exact) mass is 235 g/mol. The molecule has 0 saturated carbocycles. The van der Waals surface area contributed by atoms with Gasteiger partial charge in [-0.2, -0.15) is 0 Å². The molecular formula is C15H25NO. The van der Waals surface area contributed by atoms with E-state index in [2.05, 4.69) is 32.2 Å². The van der Waals surface area contributed by atoms with Crippen LogP contribution in [0.3, 0.4) is 0 Å². The minimum atomic E-state index is 0.642. The Hall–Kier alpha value is -1.18. The van der Waals surface area contributed by atoms with Crippen LogP contribution in [0.25, 0.3) is 0 Å². The second-order valence-electron chi connectivity index (χ2n) is 4.83. The average molecular weight is 235 g/mol. The third-order valence-corrected chi connectivity index (χ3v) is 2.59. The van der Waals surface area contributed by atoms with E-state index in [-0.39, 0.29) is 0 Å². The largest absolute Gasteiger partial charge is 0.491 e. The zero-order valence-electron chi connectivity index (χ0n) is 11.3. The summed E-state index contributed by atoms with van der Waals surface area (Å²) in [5, 5.41) is 3.43. The lowest BCUT2D eigenvalue weighted by Crippen LogP contribution is -2.09. The van der Waals surface area contributed by atoms with Crippen LogP contribution in [-0.2, 0) is 0 Å². The number of rotatable bonds is 8. The molecule has 1 aromatic rings. The summed E-state index contributed by atoms with van der Waals surface area (Å²) >= 11 is 0. The van der Waals surface area contributed by atoms with Crippen molar-refractivity contribution in [3.8, 4) is 5.75 Å². The zero-order chi connectivity index (χ0) is 12.5. The summed E-state index contributed by atoms with van der Waals surface area (Å²) < 4.78 is 5.81. The molecule has 0 amide bonds. The highest BCUT2D eigenvalue weighted by atomic mass is 16.5. The van der Waals surface area contributed by atoms with Crippen LogP contribution in [0.4, 0.5) is 5.69 Å². The summed E-state index contributed by atoms with van der Waals surface area (Å²) in [6.07, 6.45) is 3.60. The molecule has 1 N–H and O–H groups in total. The van der Waals surface area contributed by atoms with Crippen molar-refractivity contribution in [2.75, 3.05) is 18.5 Å². The van der Waals surface area contributed by atoms with E-state index in [1.165, 1.54) is 12.8 Å². The number of benzene rings is 1. The average Bonchev–Trinajstić information content (AvgIpc) is 2.33. The van der Waals surface area contributed by atoms with Crippen LogP contribution in [0.5, 0.6) is 5.75 Å². The van der Waals surface area contributed by atoms with E-state index in [4.69, 9.17) is 4.74 Å². The first-order valence-electron chi connectivity index (χ1n) is 6.69. The molecule has 0 saturated heterocycles. The van der Waals surface area contributed by atoms with Crippen molar-refractivity contribution in [2.24, 2.45) is 5.92 Å². The number of nitrogens with one attached hydrogen (secondary N) is 1. The second-order valence-corrected chi connectivity index (χ2v) is 4.83. The highest BCUT2D eigenvalue weighted by Crippen LogP contribution is 2.24. The highest BCUT2D eigenvalue weighted by molar-refractivity contribution is 5.56. The molecule has 0 unspecified atom stereocenters. The molecule has 0 radical (unpaired) electrons. The van der Waals surface area contributed by atoms with Crippen LogP contribution >= 0.6 is 0 Å². The molecule has 0 heterocycles. The first kappa shape index (κ1) is 13.9. The summed E-state index contributed by atoms with van der Waals surface area (Å²) in [7, 11) is 0. The van der Waals surface area contributed by atoms with E-state index < -0.39 is 0 Å². The van der Waals surface area contributed by atoms with Gasteiger partial charge in [-0.1, -0.05) is 45.7 Å². The first-order valence-corrected chi connectivity index (χ1v) is 6.69. The van der Waals surface area contributed by atoms with Crippen LogP contribution in [0.1, 0.15) is 40.0 Å². The van der Waals surface area contributed by atoms with Gasteiger partial charge in [0.2, 0.25) is 0 Å². The second kappa shape index (κ2) is 7.99. The van der Waals surface area contributed by atoms with Gasteiger partial charge in [0, 0.05) is 6.54 Å². The van der Waals surface area contributed by atoms with Crippen molar-refractivity contribution in [2.45, 2.75) is 40.0 Å². The lowest BCUT2D eigenvalue weighted by Gasteiger charge is -2.14. The van der Waals surface area contributed by atoms with Crippen LogP contribution < -0.4 is 10.1 Å². The van der Waals surface area contributed by atoms with Crippen LogP contribution in [0, 0.1) is 5.92 Å². The Morgan fingerprint density at radius 3 is 2.65 bits per heavy atom. The van der Waals surface area contributed by atoms with Crippen molar-refractivity contribution in [1.82, 2.24) is 0 Å². The summed E-state index contributed by atoms with van der Waals surface area (Å²) in [6.45, 7) is 8.41. The van der Waals surface area contributed by atoms with Gasteiger partial charge in [0.1, 0.15) is 5.75 Å². The molecular weight excluding hydrogens is 210 g/mol. The number of ether oxygens (including phenoxy) is 1. The van der Waals surface area contributed by atoms with Gasteiger partial charge in [-0.25, -0.2) is 0 Å². The Morgan fingerprint density at radius 1 is 1.18 bits per heavy atom. The van der Waals surface area contributed by atoms with Gasteiger partial charge >= 0.3 is 0 Å². The van der Waals surface area contributed by atoms with Gasteiger partial charge in [-0.3, -0.25) is 0 Å². The van der Waals surface area contributed by atoms with E-state index in [1.54, 1.807) is 0 Å². The maximum Gasteiger partial charge on any atom is 0.142 e. The van der Waals surface area contributed by atoms with E-state index in [9.17, 15) is 0 Å². The van der Waals surface area contributed by atoms with E-state index in [0.29, 0.717) is 5.92 Å². The number of anilines is 1. The quantitative estimate of drug-likeness (QED) is 0.677. The van der Waals surface area contributed by atoms with Crippen molar-refractivity contribution in [3.63, 3.8) is 0 Å². The van der Waals surface area contributed by atoms with Crippen LogP contribution in [-0.4, -0.2) is 13.2 Å². The number of hydrogen-bond donors (Lipinski definition) is 1. The fraction of sp³-hybridized carbons (Fsp3) is 0.600. The fourth-order valence-electron chi connectivity index (χ4n) is 1.59. The molecule has 1 rings (SSSR count). The number of hydrogen-bond acceptors (Lipinski definition) is 2. The molecule has 1 aromatic carbocycles. The topological polar surface area (TPSA) is 21.3 Å². The highest BCUT2D eigenvalue weighted by Gasteiger charge is 2.02.